The van der Waals surface area contributed by atoms with Gasteiger partial charge in [0.15, 0.2) is 0 Å². The minimum Gasteiger partial charge on any atom is -0.481 e. The molecule has 1 atom stereocenters. The number of aromatic nitrogens is 1. The van der Waals surface area contributed by atoms with E-state index >= 15 is 0 Å². The quantitative estimate of drug-likeness (QED) is 0.811. The molecule has 0 bridgehead atoms. The lowest BCUT2D eigenvalue weighted by Crippen LogP contribution is -2.37. The second-order valence-electron chi connectivity index (χ2n) is 5.31. The highest BCUT2D eigenvalue weighted by molar-refractivity contribution is 5.74. The molecule has 0 aromatic carbocycles. The molecule has 0 saturated carbocycles. The molecule has 1 aromatic heterocycles. The number of hydrogen-bond donors (Lipinski definition) is 2. The second kappa shape index (κ2) is 5.20. The Kier molecular flexibility index (Phi) is 3.90. The van der Waals surface area contributed by atoms with E-state index in [0.717, 1.165) is 20.1 Å². The SMILES string of the molecule is COc1nc(C2=C[C@@](C)(C(F)(F)F)CN2)c(N)cc1C(F)(F)F. The van der Waals surface area contributed by atoms with E-state index in [0.29, 0.717) is 6.07 Å². The van der Waals surface area contributed by atoms with Crippen LogP contribution in [-0.2, 0) is 6.18 Å². The number of alkyl halides is 6. The number of nitrogens with zero attached hydrogens (tertiary/aromatic N) is 1. The van der Waals surface area contributed by atoms with Crippen molar-refractivity contribution >= 4 is 11.4 Å². The summed E-state index contributed by atoms with van der Waals surface area (Å²) in [5.41, 5.74) is 1.47. The van der Waals surface area contributed by atoms with Crippen LogP contribution in [0.4, 0.5) is 32.0 Å². The van der Waals surface area contributed by atoms with Crippen molar-refractivity contribution in [1.82, 2.24) is 10.3 Å². The third-order valence-electron chi connectivity index (χ3n) is 3.53. The fourth-order valence-corrected chi connectivity index (χ4v) is 2.12. The van der Waals surface area contributed by atoms with Crippen LogP contribution in [0.2, 0.25) is 0 Å². The molecule has 0 amide bonds. The summed E-state index contributed by atoms with van der Waals surface area (Å²) in [5, 5.41) is 2.48. The highest BCUT2D eigenvalue weighted by atomic mass is 19.4. The molecule has 2 heterocycles. The molecular formula is C13H13F6N3O. The summed E-state index contributed by atoms with van der Waals surface area (Å²) in [6.45, 7) is 0.501. The van der Waals surface area contributed by atoms with Gasteiger partial charge < -0.3 is 15.8 Å². The monoisotopic (exact) mass is 341 g/mol. The first-order chi connectivity index (χ1) is 10.4. The summed E-state index contributed by atoms with van der Waals surface area (Å²) >= 11 is 0. The molecule has 23 heavy (non-hydrogen) atoms. The lowest BCUT2D eigenvalue weighted by atomic mass is 9.91. The Hall–Kier alpha value is -2.13. The summed E-state index contributed by atoms with van der Waals surface area (Å²) in [4.78, 5) is 3.62. The van der Waals surface area contributed by atoms with Crippen LogP contribution in [0.3, 0.4) is 0 Å². The van der Waals surface area contributed by atoms with Gasteiger partial charge in [0, 0.05) is 6.54 Å². The first kappa shape index (κ1) is 17.2. The minimum absolute atomic E-state index is 0.0886. The van der Waals surface area contributed by atoms with Crippen LogP contribution >= 0.6 is 0 Å². The second-order valence-corrected chi connectivity index (χ2v) is 5.31. The van der Waals surface area contributed by atoms with Gasteiger partial charge in [0.1, 0.15) is 16.7 Å². The van der Waals surface area contributed by atoms with E-state index in [1.54, 1.807) is 0 Å². The third kappa shape index (κ3) is 3.02. The Balaban J connectivity index is 2.52. The van der Waals surface area contributed by atoms with E-state index in [9.17, 15) is 26.3 Å². The Morgan fingerprint density at radius 1 is 1.26 bits per heavy atom. The molecule has 0 unspecified atom stereocenters. The predicted octanol–water partition coefficient (Wildman–Crippen LogP) is 3.20. The lowest BCUT2D eigenvalue weighted by Gasteiger charge is -2.23. The van der Waals surface area contributed by atoms with Crippen LogP contribution in [0.1, 0.15) is 18.2 Å². The van der Waals surface area contributed by atoms with Gasteiger partial charge in [0.05, 0.1) is 18.5 Å². The van der Waals surface area contributed by atoms with Crippen molar-refractivity contribution < 1.29 is 31.1 Å². The van der Waals surface area contributed by atoms with E-state index in [1.165, 1.54) is 0 Å². The van der Waals surface area contributed by atoms with Gasteiger partial charge in [-0.05, 0) is 19.1 Å². The van der Waals surface area contributed by atoms with Gasteiger partial charge in [0.2, 0.25) is 5.88 Å². The fraction of sp³-hybridized carbons (Fsp3) is 0.462. The Morgan fingerprint density at radius 2 is 1.87 bits per heavy atom. The van der Waals surface area contributed by atoms with Crippen molar-refractivity contribution in [3.05, 3.63) is 23.4 Å². The zero-order valence-electron chi connectivity index (χ0n) is 12.1. The first-order valence-electron chi connectivity index (χ1n) is 6.34. The molecule has 0 fully saturated rings. The smallest absolute Gasteiger partial charge is 0.421 e. The van der Waals surface area contributed by atoms with Gasteiger partial charge in [-0.2, -0.15) is 26.3 Å². The number of anilines is 1. The zero-order valence-corrected chi connectivity index (χ0v) is 12.1. The molecule has 4 nitrogen and oxygen atoms in total. The average Bonchev–Trinajstić information content (AvgIpc) is 2.81. The van der Waals surface area contributed by atoms with E-state index in [-0.39, 0.29) is 11.4 Å². The van der Waals surface area contributed by atoms with Crippen LogP contribution in [0, 0.1) is 5.41 Å². The van der Waals surface area contributed by atoms with E-state index in [2.05, 4.69) is 15.0 Å². The Labute approximate surface area is 127 Å². The van der Waals surface area contributed by atoms with Gasteiger partial charge in [-0.25, -0.2) is 4.98 Å². The van der Waals surface area contributed by atoms with Crippen LogP contribution < -0.4 is 15.8 Å². The highest BCUT2D eigenvalue weighted by Gasteiger charge is 2.52. The van der Waals surface area contributed by atoms with Crippen molar-refractivity contribution in [2.45, 2.75) is 19.3 Å². The topological polar surface area (TPSA) is 60.2 Å². The summed E-state index contributed by atoms with van der Waals surface area (Å²) in [6, 6.07) is 0.590. The molecule has 128 valence electrons. The van der Waals surface area contributed by atoms with Gasteiger partial charge in [-0.1, -0.05) is 0 Å². The van der Waals surface area contributed by atoms with Crippen LogP contribution in [0.5, 0.6) is 5.88 Å². The maximum Gasteiger partial charge on any atom is 0.421 e. The van der Waals surface area contributed by atoms with Crippen molar-refractivity contribution in [2.24, 2.45) is 5.41 Å². The Morgan fingerprint density at radius 3 is 2.30 bits per heavy atom. The summed E-state index contributed by atoms with van der Waals surface area (Å²) in [6.07, 6.45) is -8.41. The number of ether oxygens (including phenoxy) is 1. The molecule has 10 heteroatoms. The minimum atomic E-state index is -4.75. The van der Waals surface area contributed by atoms with Crippen molar-refractivity contribution in [2.75, 3.05) is 19.4 Å². The number of rotatable bonds is 2. The Bertz CT molecular complexity index is 652. The van der Waals surface area contributed by atoms with Gasteiger partial charge in [-0.3, -0.25) is 0 Å². The molecule has 1 aliphatic heterocycles. The molecule has 1 aliphatic rings. The maximum atomic E-state index is 13.0. The first-order valence-corrected chi connectivity index (χ1v) is 6.34. The molecule has 0 saturated heterocycles. The van der Waals surface area contributed by atoms with Crippen molar-refractivity contribution in [1.29, 1.82) is 0 Å². The number of nitrogen functional groups attached to an aromatic ring is 1. The molecule has 0 radical (unpaired) electrons. The standard InChI is InChI=1S/C13H13F6N3O/c1-11(13(17,18)19)4-8(21-5-11)9-7(20)3-6(12(14,15)16)10(22-9)23-2/h3-4,21H,5,20H2,1-2H3/t11-/m1/s1. The van der Waals surface area contributed by atoms with E-state index < -0.39 is 41.4 Å². The summed E-state index contributed by atoms with van der Waals surface area (Å²) in [5.74, 6) is -0.759. The van der Waals surface area contributed by atoms with Crippen molar-refractivity contribution in [3.63, 3.8) is 0 Å². The van der Waals surface area contributed by atoms with Crippen molar-refractivity contribution in [3.8, 4) is 5.88 Å². The third-order valence-corrected chi connectivity index (χ3v) is 3.53. The molecule has 3 N–H and O–H groups in total. The highest BCUT2D eigenvalue weighted by Crippen LogP contribution is 2.45. The number of halogens is 6. The number of pyridine rings is 1. The van der Waals surface area contributed by atoms with Gasteiger partial charge in [-0.15, -0.1) is 0 Å². The van der Waals surface area contributed by atoms with Crippen LogP contribution in [0.15, 0.2) is 12.1 Å². The van der Waals surface area contributed by atoms with E-state index in [1.807, 2.05) is 0 Å². The average molecular weight is 341 g/mol. The maximum absolute atomic E-state index is 13.0. The lowest BCUT2D eigenvalue weighted by molar-refractivity contribution is -0.195. The van der Waals surface area contributed by atoms with Gasteiger partial charge >= 0.3 is 12.4 Å². The molecule has 0 aliphatic carbocycles. The fourth-order valence-electron chi connectivity index (χ4n) is 2.12. The predicted molar refractivity (Wildman–Crippen MR) is 70.3 cm³/mol. The normalized spacial score (nSPS) is 21.8. The zero-order chi connectivity index (χ0) is 17.6. The largest absolute Gasteiger partial charge is 0.481 e. The summed E-state index contributed by atoms with van der Waals surface area (Å²) < 4.78 is 82.1. The van der Waals surface area contributed by atoms with Crippen LogP contribution in [-0.4, -0.2) is 24.8 Å². The number of nitrogens with two attached hydrogens (primary N) is 1. The number of methoxy groups -OCH3 is 1. The molecule has 1 aromatic rings. The molecule has 2 rings (SSSR count). The van der Waals surface area contributed by atoms with Crippen LogP contribution in [0.25, 0.3) is 5.70 Å². The van der Waals surface area contributed by atoms with Gasteiger partial charge in [0.25, 0.3) is 0 Å². The number of nitrogens with one attached hydrogen (secondary N) is 1. The molecule has 0 spiro atoms. The molecular weight excluding hydrogens is 328 g/mol. The number of hydrogen-bond acceptors (Lipinski definition) is 4. The van der Waals surface area contributed by atoms with E-state index in [4.69, 9.17) is 5.73 Å². The summed E-state index contributed by atoms with van der Waals surface area (Å²) in [7, 11) is 0.980.